The Balaban J connectivity index is 1.21. The highest BCUT2D eigenvalue weighted by atomic mass is 16.5. The van der Waals surface area contributed by atoms with Gasteiger partial charge in [-0.3, -0.25) is 9.69 Å². The fraction of sp³-hybridized carbons (Fsp3) is 0.842. The van der Waals surface area contributed by atoms with Gasteiger partial charge >= 0.3 is 6.01 Å². The summed E-state index contributed by atoms with van der Waals surface area (Å²) in [6.07, 6.45) is 3.72. The van der Waals surface area contributed by atoms with E-state index in [1.807, 2.05) is 18.9 Å². The third-order valence-corrected chi connectivity index (χ3v) is 7.39. The van der Waals surface area contributed by atoms with E-state index in [4.69, 9.17) is 4.52 Å². The van der Waals surface area contributed by atoms with Crippen LogP contribution < -0.4 is 4.90 Å². The summed E-state index contributed by atoms with van der Waals surface area (Å²) in [4.78, 5) is 23.8. The second-order valence-electron chi connectivity index (χ2n) is 8.73. The highest BCUT2D eigenvalue weighted by Gasteiger charge is 2.61. The lowest BCUT2D eigenvalue weighted by Crippen LogP contribution is -2.59. The zero-order chi connectivity index (χ0) is 18.0. The molecule has 0 radical (unpaired) electrons. The summed E-state index contributed by atoms with van der Waals surface area (Å²) in [5.74, 6) is 3.26. The number of piperidine rings is 3. The van der Waals surface area contributed by atoms with E-state index in [0.717, 1.165) is 26.2 Å². The molecule has 7 nitrogen and oxygen atoms in total. The number of hydrogen-bond acceptors (Lipinski definition) is 6. The van der Waals surface area contributed by atoms with Gasteiger partial charge in [0.15, 0.2) is 5.82 Å². The molecular weight excluding hydrogens is 330 g/mol. The Hall–Kier alpha value is -1.63. The lowest BCUT2D eigenvalue weighted by atomic mass is 9.75. The average molecular weight is 359 g/mol. The SMILES string of the molecule is CCN(C)C(=O)C1C2CN(C3CC4CCC3CN4c3nc(C)no3)CC21. The first kappa shape index (κ1) is 16.5. The maximum Gasteiger partial charge on any atom is 0.324 e. The summed E-state index contributed by atoms with van der Waals surface area (Å²) in [5, 5.41) is 3.96. The zero-order valence-corrected chi connectivity index (χ0v) is 16.0. The normalized spacial score (nSPS) is 38.5. The molecule has 26 heavy (non-hydrogen) atoms. The minimum Gasteiger partial charge on any atom is -0.346 e. The number of aryl methyl sites for hydroxylation is 1. The Morgan fingerprint density at radius 3 is 2.62 bits per heavy atom. The fourth-order valence-corrected chi connectivity index (χ4v) is 5.78. The number of aromatic nitrogens is 2. The van der Waals surface area contributed by atoms with Crippen LogP contribution in [0, 0.1) is 30.6 Å². The number of carbonyl (C=O) groups excluding carboxylic acids is 1. The molecule has 1 amide bonds. The summed E-state index contributed by atoms with van der Waals surface area (Å²) in [5.41, 5.74) is 0. The van der Waals surface area contributed by atoms with Crippen LogP contribution >= 0.6 is 0 Å². The molecule has 142 valence electrons. The minimum atomic E-state index is 0.301. The van der Waals surface area contributed by atoms with Crippen LogP contribution in [-0.4, -0.2) is 71.2 Å². The summed E-state index contributed by atoms with van der Waals surface area (Å²) >= 11 is 0. The van der Waals surface area contributed by atoms with Crippen LogP contribution in [0.1, 0.15) is 32.0 Å². The van der Waals surface area contributed by atoms with Gasteiger partial charge in [-0.05, 0) is 50.9 Å². The summed E-state index contributed by atoms with van der Waals surface area (Å²) < 4.78 is 5.42. The molecule has 0 N–H and O–H groups in total. The van der Waals surface area contributed by atoms with E-state index in [1.54, 1.807) is 0 Å². The first-order valence-corrected chi connectivity index (χ1v) is 10.1. The van der Waals surface area contributed by atoms with Crippen molar-refractivity contribution in [2.45, 2.75) is 45.2 Å². The number of nitrogens with zero attached hydrogens (tertiary/aromatic N) is 5. The number of hydrogen-bond donors (Lipinski definition) is 0. The first-order chi connectivity index (χ1) is 12.6. The van der Waals surface area contributed by atoms with Crippen molar-refractivity contribution < 1.29 is 9.32 Å². The number of anilines is 1. The Morgan fingerprint density at radius 1 is 1.27 bits per heavy atom. The van der Waals surface area contributed by atoms with E-state index >= 15 is 0 Å². The predicted molar refractivity (Wildman–Crippen MR) is 96.7 cm³/mol. The van der Waals surface area contributed by atoms with Crippen molar-refractivity contribution >= 4 is 11.9 Å². The molecule has 2 aliphatic carbocycles. The van der Waals surface area contributed by atoms with Gasteiger partial charge in [0.2, 0.25) is 5.91 Å². The Bertz CT molecular complexity index is 694. The molecule has 3 aliphatic heterocycles. The number of likely N-dealkylation sites (tertiary alicyclic amines) is 1. The maximum atomic E-state index is 12.4. The molecule has 1 aromatic heterocycles. The molecule has 5 aliphatic rings. The lowest BCUT2D eigenvalue weighted by Gasteiger charge is -2.51. The molecule has 0 spiro atoms. The Morgan fingerprint density at radius 2 is 2.04 bits per heavy atom. The van der Waals surface area contributed by atoms with E-state index < -0.39 is 0 Å². The summed E-state index contributed by atoms with van der Waals surface area (Å²) in [7, 11) is 1.93. The number of amides is 1. The molecule has 7 heteroatoms. The van der Waals surface area contributed by atoms with Gasteiger partial charge in [0.1, 0.15) is 0 Å². The van der Waals surface area contributed by atoms with Gasteiger partial charge in [-0.2, -0.15) is 4.98 Å². The van der Waals surface area contributed by atoms with Crippen molar-refractivity contribution in [3.8, 4) is 0 Å². The van der Waals surface area contributed by atoms with Gasteiger partial charge in [-0.25, -0.2) is 0 Å². The van der Waals surface area contributed by atoms with Crippen LogP contribution in [0.25, 0.3) is 0 Å². The van der Waals surface area contributed by atoms with Crippen LogP contribution in [0.2, 0.25) is 0 Å². The van der Waals surface area contributed by atoms with Gasteiger partial charge in [-0.15, -0.1) is 0 Å². The van der Waals surface area contributed by atoms with Crippen LogP contribution in [0.5, 0.6) is 0 Å². The second kappa shape index (κ2) is 5.94. The fourth-order valence-electron chi connectivity index (χ4n) is 5.78. The van der Waals surface area contributed by atoms with Crippen LogP contribution in [-0.2, 0) is 4.79 Å². The van der Waals surface area contributed by atoms with Gasteiger partial charge in [-0.1, -0.05) is 5.16 Å². The van der Waals surface area contributed by atoms with E-state index in [2.05, 4.69) is 26.9 Å². The van der Waals surface area contributed by atoms with Crippen molar-refractivity contribution in [3.63, 3.8) is 0 Å². The molecular formula is C19H29N5O2. The third kappa shape index (κ3) is 2.47. The Labute approximate surface area is 154 Å². The first-order valence-electron chi connectivity index (χ1n) is 10.1. The molecule has 2 saturated carbocycles. The van der Waals surface area contributed by atoms with Crippen LogP contribution in [0.4, 0.5) is 6.01 Å². The van der Waals surface area contributed by atoms with Crippen LogP contribution in [0.3, 0.4) is 0 Å². The molecule has 4 heterocycles. The minimum absolute atomic E-state index is 0.301. The van der Waals surface area contributed by atoms with E-state index in [1.165, 1.54) is 19.3 Å². The predicted octanol–water partition coefficient (Wildman–Crippen LogP) is 1.39. The zero-order valence-electron chi connectivity index (χ0n) is 16.0. The van der Waals surface area contributed by atoms with E-state index in [-0.39, 0.29) is 0 Å². The highest BCUT2D eigenvalue weighted by Crippen LogP contribution is 2.54. The molecule has 0 aromatic carbocycles. The standard InChI is InChI=1S/C19H29N5O2/c1-4-22(3)18(25)17-14-9-23(10-15(14)17)16-7-13-6-5-12(16)8-24(13)19-20-11(2)21-26-19/h12-17H,4-10H2,1-3H3. The number of fused-ring (bicyclic) bond motifs is 4. The van der Waals surface area contributed by atoms with Crippen molar-refractivity contribution in [2.75, 3.05) is 38.1 Å². The van der Waals surface area contributed by atoms with Gasteiger partial charge in [0.25, 0.3) is 0 Å². The van der Waals surface area contributed by atoms with E-state index in [9.17, 15) is 4.79 Å². The number of rotatable bonds is 4. The molecule has 6 rings (SSSR count). The quantitative estimate of drug-likeness (QED) is 0.809. The topological polar surface area (TPSA) is 65.7 Å². The molecule has 5 unspecified atom stereocenters. The van der Waals surface area contributed by atoms with Crippen molar-refractivity contribution in [1.82, 2.24) is 19.9 Å². The smallest absolute Gasteiger partial charge is 0.324 e. The summed E-state index contributed by atoms with van der Waals surface area (Å²) in [6, 6.07) is 1.89. The van der Waals surface area contributed by atoms with Gasteiger partial charge in [0, 0.05) is 51.2 Å². The lowest BCUT2D eigenvalue weighted by molar-refractivity contribution is -0.132. The highest BCUT2D eigenvalue weighted by molar-refractivity contribution is 5.82. The average Bonchev–Trinajstić information content (AvgIpc) is 3.00. The van der Waals surface area contributed by atoms with Crippen LogP contribution in [0.15, 0.2) is 4.52 Å². The van der Waals surface area contributed by atoms with Gasteiger partial charge < -0.3 is 14.3 Å². The van der Waals surface area contributed by atoms with Crippen molar-refractivity contribution in [3.05, 3.63) is 5.82 Å². The monoisotopic (exact) mass is 359 g/mol. The third-order valence-electron chi connectivity index (χ3n) is 7.39. The maximum absolute atomic E-state index is 12.4. The molecule has 3 saturated heterocycles. The molecule has 2 bridgehead atoms. The molecule has 5 fully saturated rings. The largest absolute Gasteiger partial charge is 0.346 e. The van der Waals surface area contributed by atoms with E-state index in [0.29, 0.717) is 53.5 Å². The number of carbonyl (C=O) groups is 1. The van der Waals surface area contributed by atoms with Crippen molar-refractivity contribution in [2.24, 2.45) is 23.7 Å². The molecule has 5 atom stereocenters. The summed E-state index contributed by atoms with van der Waals surface area (Å²) in [6.45, 7) is 8.01. The van der Waals surface area contributed by atoms with Crippen molar-refractivity contribution in [1.29, 1.82) is 0 Å². The second-order valence-corrected chi connectivity index (χ2v) is 8.73. The van der Waals surface area contributed by atoms with Gasteiger partial charge in [0.05, 0.1) is 0 Å². The molecule has 1 aromatic rings. The Kier molecular flexibility index (Phi) is 3.78.